The predicted octanol–water partition coefficient (Wildman–Crippen LogP) is 2.34. The van der Waals surface area contributed by atoms with Crippen molar-refractivity contribution in [1.29, 1.82) is 0 Å². The van der Waals surface area contributed by atoms with Crippen molar-refractivity contribution in [3.8, 4) is 0 Å². The third-order valence-electron chi connectivity index (χ3n) is 5.67. The van der Waals surface area contributed by atoms with E-state index in [1.807, 2.05) is 24.3 Å². The molecule has 1 saturated carbocycles. The third-order valence-corrected chi connectivity index (χ3v) is 5.67. The van der Waals surface area contributed by atoms with E-state index in [4.69, 9.17) is 4.74 Å². The maximum atomic E-state index is 12.2. The average molecular weight is 389 g/mol. The monoisotopic (exact) mass is 388 g/mol. The number of hydrogen-bond acceptors (Lipinski definition) is 4. The van der Waals surface area contributed by atoms with Gasteiger partial charge in [0.2, 0.25) is 5.91 Å². The summed E-state index contributed by atoms with van der Waals surface area (Å²) in [6, 6.07) is 7.44. The lowest BCUT2D eigenvalue weighted by molar-refractivity contribution is -0.122. The lowest BCUT2D eigenvalue weighted by Crippen LogP contribution is -2.56. The van der Waals surface area contributed by atoms with E-state index in [2.05, 4.69) is 34.7 Å². The summed E-state index contributed by atoms with van der Waals surface area (Å²) in [6.07, 6.45) is 3.10. The van der Waals surface area contributed by atoms with Crippen LogP contribution < -0.4 is 16.0 Å². The van der Waals surface area contributed by atoms with Gasteiger partial charge in [-0.25, -0.2) is 4.79 Å². The summed E-state index contributed by atoms with van der Waals surface area (Å²) in [4.78, 5) is 26.6. The Morgan fingerprint density at radius 3 is 2.61 bits per heavy atom. The Morgan fingerprint density at radius 2 is 1.93 bits per heavy atom. The van der Waals surface area contributed by atoms with Gasteiger partial charge in [-0.1, -0.05) is 18.6 Å². The number of nitrogens with zero attached hydrogens (tertiary/aromatic N) is 1. The van der Waals surface area contributed by atoms with E-state index in [9.17, 15) is 9.59 Å². The van der Waals surface area contributed by atoms with Gasteiger partial charge < -0.3 is 20.7 Å². The van der Waals surface area contributed by atoms with E-state index < -0.39 is 0 Å². The molecule has 3 rings (SSSR count). The standard InChI is InChI=1S/C21H32N4O3/c1-21(2,25-9-11-28-12-10-25)15-23-20(27)22-14-16-5-3-8-18(13-16)24-19(26)17-6-4-7-17/h3,5,8,13,17H,4,6-7,9-12,14-15H2,1-2H3,(H,24,26)(H2,22,23,27). The van der Waals surface area contributed by atoms with Crippen LogP contribution in [0.25, 0.3) is 0 Å². The maximum Gasteiger partial charge on any atom is 0.315 e. The fraction of sp³-hybridized carbons (Fsp3) is 0.619. The molecule has 1 saturated heterocycles. The summed E-state index contributed by atoms with van der Waals surface area (Å²) in [5.74, 6) is 0.252. The number of hydrogen-bond donors (Lipinski definition) is 3. The van der Waals surface area contributed by atoms with Crippen LogP contribution in [-0.2, 0) is 16.1 Å². The predicted molar refractivity (Wildman–Crippen MR) is 109 cm³/mol. The topological polar surface area (TPSA) is 82.7 Å². The minimum absolute atomic E-state index is 0.0967. The molecule has 1 aromatic rings. The van der Waals surface area contributed by atoms with Crippen molar-refractivity contribution in [2.75, 3.05) is 38.2 Å². The van der Waals surface area contributed by atoms with Crippen molar-refractivity contribution in [3.05, 3.63) is 29.8 Å². The Bertz CT molecular complexity index is 682. The SMILES string of the molecule is CC(C)(CNC(=O)NCc1cccc(NC(=O)C2CCC2)c1)N1CCOCC1. The smallest absolute Gasteiger partial charge is 0.315 e. The second kappa shape index (κ2) is 9.39. The zero-order valence-corrected chi connectivity index (χ0v) is 16.9. The molecule has 7 nitrogen and oxygen atoms in total. The first-order chi connectivity index (χ1) is 13.4. The van der Waals surface area contributed by atoms with Gasteiger partial charge in [-0.3, -0.25) is 9.69 Å². The number of morpholine rings is 1. The number of benzene rings is 1. The quantitative estimate of drug-likeness (QED) is 0.670. The van der Waals surface area contributed by atoms with E-state index in [1.54, 1.807) is 0 Å². The molecule has 1 aliphatic carbocycles. The average Bonchev–Trinajstić information content (AvgIpc) is 2.64. The fourth-order valence-electron chi connectivity index (χ4n) is 3.50. The van der Waals surface area contributed by atoms with E-state index in [0.717, 1.165) is 56.8 Å². The van der Waals surface area contributed by atoms with Crippen molar-refractivity contribution in [1.82, 2.24) is 15.5 Å². The summed E-state index contributed by atoms with van der Waals surface area (Å²) in [6.45, 7) is 8.49. The highest BCUT2D eigenvalue weighted by Gasteiger charge is 2.28. The number of carbonyl (C=O) groups is 2. The van der Waals surface area contributed by atoms with E-state index in [0.29, 0.717) is 13.1 Å². The summed E-state index contributed by atoms with van der Waals surface area (Å²) in [5, 5.41) is 8.83. The maximum absolute atomic E-state index is 12.2. The van der Waals surface area contributed by atoms with E-state index in [1.165, 1.54) is 0 Å². The molecule has 0 unspecified atom stereocenters. The summed E-state index contributed by atoms with van der Waals surface area (Å²) in [7, 11) is 0. The van der Waals surface area contributed by atoms with Crippen LogP contribution in [0.4, 0.5) is 10.5 Å². The molecule has 3 amide bonds. The van der Waals surface area contributed by atoms with Gasteiger partial charge in [0.25, 0.3) is 0 Å². The molecule has 154 valence electrons. The van der Waals surface area contributed by atoms with Gasteiger partial charge in [0.15, 0.2) is 0 Å². The number of nitrogens with one attached hydrogen (secondary N) is 3. The minimum atomic E-state index is -0.190. The Balaban J connectivity index is 1.42. The first kappa shape index (κ1) is 20.6. The summed E-state index contributed by atoms with van der Waals surface area (Å²) < 4.78 is 5.40. The second-order valence-corrected chi connectivity index (χ2v) is 8.27. The molecule has 0 bridgehead atoms. The Hall–Kier alpha value is -2.12. The van der Waals surface area contributed by atoms with Crippen molar-refractivity contribution in [2.45, 2.75) is 45.2 Å². The van der Waals surface area contributed by atoms with Crippen LogP contribution in [0.15, 0.2) is 24.3 Å². The van der Waals surface area contributed by atoms with Crippen LogP contribution in [-0.4, -0.2) is 55.2 Å². The minimum Gasteiger partial charge on any atom is -0.379 e. The summed E-state index contributed by atoms with van der Waals surface area (Å²) >= 11 is 0. The van der Waals surface area contributed by atoms with Gasteiger partial charge in [-0.2, -0.15) is 0 Å². The van der Waals surface area contributed by atoms with Crippen LogP contribution >= 0.6 is 0 Å². The van der Waals surface area contributed by atoms with Gasteiger partial charge in [0.1, 0.15) is 0 Å². The van der Waals surface area contributed by atoms with Gasteiger partial charge in [-0.05, 0) is 44.4 Å². The van der Waals surface area contributed by atoms with Crippen molar-refractivity contribution >= 4 is 17.6 Å². The molecule has 7 heteroatoms. The molecule has 3 N–H and O–H groups in total. The summed E-state index contributed by atoms with van der Waals surface area (Å²) in [5.41, 5.74) is 1.62. The van der Waals surface area contributed by atoms with Crippen molar-refractivity contribution in [2.24, 2.45) is 5.92 Å². The van der Waals surface area contributed by atoms with Gasteiger partial charge in [0, 0.05) is 43.3 Å². The van der Waals surface area contributed by atoms with Crippen LogP contribution in [0.5, 0.6) is 0 Å². The number of ether oxygens (including phenoxy) is 1. The van der Waals surface area contributed by atoms with Gasteiger partial charge in [0.05, 0.1) is 13.2 Å². The normalized spacial score (nSPS) is 18.2. The Kier molecular flexibility index (Phi) is 6.91. The molecule has 28 heavy (non-hydrogen) atoms. The highest BCUT2D eigenvalue weighted by molar-refractivity contribution is 5.93. The second-order valence-electron chi connectivity index (χ2n) is 8.27. The lowest BCUT2D eigenvalue weighted by atomic mass is 9.85. The van der Waals surface area contributed by atoms with E-state index >= 15 is 0 Å². The van der Waals surface area contributed by atoms with Gasteiger partial charge >= 0.3 is 6.03 Å². The lowest BCUT2D eigenvalue weighted by Gasteiger charge is -2.40. The molecule has 0 atom stereocenters. The van der Waals surface area contributed by atoms with Crippen LogP contribution in [0.1, 0.15) is 38.7 Å². The molecule has 0 radical (unpaired) electrons. The van der Waals surface area contributed by atoms with Crippen LogP contribution in [0.2, 0.25) is 0 Å². The Labute approximate surface area is 167 Å². The number of urea groups is 1. The molecule has 0 aromatic heterocycles. The van der Waals surface area contributed by atoms with Crippen molar-refractivity contribution in [3.63, 3.8) is 0 Å². The Morgan fingerprint density at radius 1 is 1.18 bits per heavy atom. The highest BCUT2D eigenvalue weighted by atomic mass is 16.5. The van der Waals surface area contributed by atoms with Gasteiger partial charge in [-0.15, -0.1) is 0 Å². The number of amides is 3. The molecule has 0 spiro atoms. The first-order valence-corrected chi connectivity index (χ1v) is 10.2. The third kappa shape index (κ3) is 5.69. The molecule has 2 aliphatic rings. The molecule has 1 aliphatic heterocycles. The van der Waals surface area contributed by atoms with Crippen LogP contribution in [0.3, 0.4) is 0 Å². The zero-order chi connectivity index (χ0) is 20.0. The van der Waals surface area contributed by atoms with Crippen molar-refractivity contribution < 1.29 is 14.3 Å². The largest absolute Gasteiger partial charge is 0.379 e. The number of carbonyl (C=O) groups excluding carboxylic acids is 2. The molecule has 2 fully saturated rings. The first-order valence-electron chi connectivity index (χ1n) is 10.2. The molecular formula is C21H32N4O3. The molecule has 1 aromatic carbocycles. The molecular weight excluding hydrogens is 356 g/mol. The molecule has 1 heterocycles. The zero-order valence-electron chi connectivity index (χ0n) is 16.9. The number of anilines is 1. The fourth-order valence-corrected chi connectivity index (χ4v) is 3.50. The number of rotatable bonds is 7. The highest BCUT2D eigenvalue weighted by Crippen LogP contribution is 2.27. The van der Waals surface area contributed by atoms with E-state index in [-0.39, 0.29) is 23.4 Å². The van der Waals surface area contributed by atoms with Crippen LogP contribution in [0, 0.1) is 5.92 Å².